The van der Waals surface area contributed by atoms with Crippen LogP contribution in [-0.2, 0) is 10.9 Å². The summed E-state index contributed by atoms with van der Waals surface area (Å²) in [5, 5.41) is 0. The van der Waals surface area contributed by atoms with Gasteiger partial charge in [-0.2, -0.15) is 13.2 Å². The highest BCUT2D eigenvalue weighted by Crippen LogP contribution is 2.32. The van der Waals surface area contributed by atoms with Crippen LogP contribution in [0, 0.1) is 0 Å². The summed E-state index contributed by atoms with van der Waals surface area (Å²) in [6, 6.07) is 4.76. The molecule has 0 aromatic heterocycles. The third-order valence-corrected chi connectivity index (χ3v) is 3.18. The number of hydrogen-bond donors (Lipinski definition) is 0. The molecule has 0 bridgehead atoms. The molecule has 0 aliphatic carbocycles. The monoisotopic (exact) mass is 353 g/mol. The number of rotatable bonds is 5. The molecule has 1 unspecified atom stereocenters. The van der Waals surface area contributed by atoms with Gasteiger partial charge in [0, 0.05) is 20.7 Å². The number of benzene rings is 1. The van der Waals surface area contributed by atoms with Gasteiger partial charge in [-0.3, -0.25) is 4.79 Å². The number of methoxy groups -OCH3 is 1. The molecule has 112 valence electrons. The van der Waals surface area contributed by atoms with Crippen LogP contribution in [-0.4, -0.2) is 42.9 Å². The Morgan fingerprint density at radius 2 is 2.00 bits per heavy atom. The van der Waals surface area contributed by atoms with Crippen molar-refractivity contribution in [2.24, 2.45) is 0 Å². The zero-order valence-electron chi connectivity index (χ0n) is 11.1. The van der Waals surface area contributed by atoms with Crippen LogP contribution in [0.5, 0.6) is 0 Å². The zero-order chi connectivity index (χ0) is 15.3. The third kappa shape index (κ3) is 4.49. The van der Waals surface area contributed by atoms with Crippen molar-refractivity contribution < 1.29 is 22.7 Å². The molecule has 0 saturated carbocycles. The van der Waals surface area contributed by atoms with Crippen LogP contribution in [0.3, 0.4) is 0 Å². The van der Waals surface area contributed by atoms with Crippen molar-refractivity contribution in [2.75, 3.05) is 27.3 Å². The Morgan fingerprint density at radius 1 is 1.40 bits per heavy atom. The van der Waals surface area contributed by atoms with E-state index in [1.807, 2.05) is 0 Å². The SMILES string of the molecule is COCC(Br)CN(C)C(=O)c1ccccc1C(F)(F)F. The van der Waals surface area contributed by atoms with E-state index >= 15 is 0 Å². The highest BCUT2D eigenvalue weighted by Gasteiger charge is 2.35. The van der Waals surface area contributed by atoms with Gasteiger partial charge in [0.1, 0.15) is 0 Å². The van der Waals surface area contributed by atoms with E-state index in [-0.39, 0.29) is 16.9 Å². The summed E-state index contributed by atoms with van der Waals surface area (Å²) in [5.41, 5.74) is -1.27. The van der Waals surface area contributed by atoms with Crippen LogP contribution in [0.1, 0.15) is 15.9 Å². The van der Waals surface area contributed by atoms with Gasteiger partial charge in [-0.25, -0.2) is 0 Å². The van der Waals surface area contributed by atoms with Crippen LogP contribution in [0.2, 0.25) is 0 Å². The van der Waals surface area contributed by atoms with Crippen molar-refractivity contribution in [3.05, 3.63) is 35.4 Å². The molecule has 0 aliphatic heterocycles. The van der Waals surface area contributed by atoms with Crippen LogP contribution < -0.4 is 0 Å². The molecule has 20 heavy (non-hydrogen) atoms. The summed E-state index contributed by atoms with van der Waals surface area (Å²) in [4.78, 5) is 13.2. The fourth-order valence-electron chi connectivity index (χ4n) is 1.74. The van der Waals surface area contributed by atoms with E-state index in [4.69, 9.17) is 4.74 Å². The molecule has 0 radical (unpaired) electrons. The van der Waals surface area contributed by atoms with E-state index in [1.165, 1.54) is 37.3 Å². The molecule has 0 aliphatic rings. The summed E-state index contributed by atoms with van der Waals surface area (Å²) < 4.78 is 43.5. The zero-order valence-corrected chi connectivity index (χ0v) is 12.7. The van der Waals surface area contributed by atoms with Gasteiger partial charge in [0.2, 0.25) is 0 Å². The summed E-state index contributed by atoms with van der Waals surface area (Å²) in [7, 11) is 2.97. The maximum atomic E-state index is 12.9. The Bertz CT molecular complexity index is 465. The number of carbonyl (C=O) groups excluding carboxylic acids is 1. The van der Waals surface area contributed by atoms with Crippen LogP contribution in [0.4, 0.5) is 13.2 Å². The third-order valence-electron chi connectivity index (χ3n) is 2.63. The number of ether oxygens (including phenoxy) is 1. The first-order valence-corrected chi connectivity index (χ1v) is 6.73. The molecule has 1 aromatic carbocycles. The highest BCUT2D eigenvalue weighted by molar-refractivity contribution is 9.09. The Kier molecular flexibility index (Phi) is 6.01. The minimum absolute atomic E-state index is 0.139. The topological polar surface area (TPSA) is 29.5 Å². The van der Waals surface area contributed by atoms with Gasteiger partial charge < -0.3 is 9.64 Å². The lowest BCUT2D eigenvalue weighted by atomic mass is 10.1. The first kappa shape index (κ1) is 17.0. The van der Waals surface area contributed by atoms with Crippen molar-refractivity contribution >= 4 is 21.8 Å². The first-order chi connectivity index (χ1) is 9.27. The second-order valence-electron chi connectivity index (χ2n) is 4.28. The molecular formula is C13H15BrF3NO2. The van der Waals surface area contributed by atoms with Crippen molar-refractivity contribution in [1.29, 1.82) is 0 Å². The van der Waals surface area contributed by atoms with Gasteiger partial charge in [0.15, 0.2) is 0 Å². The largest absolute Gasteiger partial charge is 0.417 e. The van der Waals surface area contributed by atoms with E-state index < -0.39 is 17.6 Å². The Hall–Kier alpha value is -1.08. The molecule has 0 saturated heterocycles. The second kappa shape index (κ2) is 7.08. The minimum Gasteiger partial charge on any atom is -0.383 e. The maximum Gasteiger partial charge on any atom is 0.417 e. The molecule has 1 rings (SSSR count). The lowest BCUT2D eigenvalue weighted by molar-refractivity contribution is -0.138. The molecule has 1 atom stereocenters. The van der Waals surface area contributed by atoms with Crippen molar-refractivity contribution in [1.82, 2.24) is 4.90 Å². The van der Waals surface area contributed by atoms with Gasteiger partial charge in [-0.15, -0.1) is 0 Å². The van der Waals surface area contributed by atoms with E-state index in [1.54, 1.807) is 0 Å². The van der Waals surface area contributed by atoms with Crippen molar-refractivity contribution in [2.45, 2.75) is 11.0 Å². The molecular weight excluding hydrogens is 339 g/mol. The van der Waals surface area contributed by atoms with Gasteiger partial charge in [-0.1, -0.05) is 28.1 Å². The summed E-state index contributed by atoms with van der Waals surface area (Å²) in [6.45, 7) is 0.609. The predicted molar refractivity (Wildman–Crippen MR) is 73.0 cm³/mol. The molecule has 1 amide bonds. The van der Waals surface area contributed by atoms with Crippen LogP contribution in [0.25, 0.3) is 0 Å². The van der Waals surface area contributed by atoms with Crippen molar-refractivity contribution in [3.63, 3.8) is 0 Å². The molecule has 3 nitrogen and oxygen atoms in total. The molecule has 7 heteroatoms. The van der Waals surface area contributed by atoms with Gasteiger partial charge >= 0.3 is 6.18 Å². The average Bonchev–Trinajstić information content (AvgIpc) is 2.37. The second-order valence-corrected chi connectivity index (χ2v) is 5.58. The number of alkyl halides is 4. The number of nitrogens with zero attached hydrogens (tertiary/aromatic N) is 1. The highest BCUT2D eigenvalue weighted by atomic mass is 79.9. The van der Waals surface area contributed by atoms with Crippen LogP contribution in [0.15, 0.2) is 24.3 Å². The van der Waals surface area contributed by atoms with E-state index in [0.29, 0.717) is 6.61 Å². The Balaban J connectivity index is 2.92. The van der Waals surface area contributed by atoms with Crippen LogP contribution >= 0.6 is 15.9 Å². The average molecular weight is 354 g/mol. The molecule has 0 heterocycles. The Morgan fingerprint density at radius 3 is 2.55 bits per heavy atom. The standard InChI is InChI=1S/C13H15BrF3NO2/c1-18(7-9(14)8-20-2)12(19)10-5-3-4-6-11(10)13(15,16)17/h3-6,9H,7-8H2,1-2H3. The molecule has 0 fully saturated rings. The molecule has 0 N–H and O–H groups in total. The quantitative estimate of drug-likeness (QED) is 0.761. The predicted octanol–water partition coefficient (Wildman–Crippen LogP) is 3.19. The lowest BCUT2D eigenvalue weighted by Crippen LogP contribution is -2.34. The number of amides is 1. The van der Waals surface area contributed by atoms with E-state index in [9.17, 15) is 18.0 Å². The van der Waals surface area contributed by atoms with Crippen molar-refractivity contribution in [3.8, 4) is 0 Å². The minimum atomic E-state index is -4.55. The van der Waals surface area contributed by atoms with Gasteiger partial charge in [0.05, 0.1) is 22.6 Å². The normalized spacial score (nSPS) is 13.1. The van der Waals surface area contributed by atoms with E-state index in [2.05, 4.69) is 15.9 Å². The summed E-state index contributed by atoms with van der Waals surface area (Å²) >= 11 is 3.30. The molecule has 0 spiro atoms. The lowest BCUT2D eigenvalue weighted by Gasteiger charge is -2.22. The van der Waals surface area contributed by atoms with Gasteiger partial charge in [0.25, 0.3) is 5.91 Å². The number of hydrogen-bond acceptors (Lipinski definition) is 2. The fraction of sp³-hybridized carbons (Fsp3) is 0.462. The van der Waals surface area contributed by atoms with E-state index in [0.717, 1.165) is 6.07 Å². The molecule has 1 aromatic rings. The maximum absolute atomic E-state index is 12.9. The smallest absolute Gasteiger partial charge is 0.383 e. The van der Waals surface area contributed by atoms with Gasteiger partial charge in [-0.05, 0) is 12.1 Å². The first-order valence-electron chi connectivity index (χ1n) is 5.82. The fourth-order valence-corrected chi connectivity index (χ4v) is 2.43. The summed E-state index contributed by atoms with van der Waals surface area (Å²) in [6.07, 6.45) is -4.55. The number of halogens is 4. The summed E-state index contributed by atoms with van der Waals surface area (Å²) in [5.74, 6) is -0.668. The number of carbonyl (C=O) groups is 1. The Labute approximate surface area is 123 Å².